The zero-order valence-corrected chi connectivity index (χ0v) is 19.0. The molecule has 0 saturated heterocycles. The summed E-state index contributed by atoms with van der Waals surface area (Å²) < 4.78 is 11.6. The van der Waals surface area contributed by atoms with Crippen molar-refractivity contribution in [3.05, 3.63) is 97.3 Å². The minimum Gasteiger partial charge on any atom is -0.503 e. The zero-order valence-electron chi connectivity index (χ0n) is 16.6. The molecule has 5 rings (SSSR count). The minimum absolute atomic E-state index is 0.0261. The van der Waals surface area contributed by atoms with Gasteiger partial charge in [0.2, 0.25) is 5.76 Å². The van der Waals surface area contributed by atoms with Crippen molar-refractivity contribution in [3.63, 3.8) is 0 Å². The van der Waals surface area contributed by atoms with Gasteiger partial charge < -0.3 is 14.3 Å². The number of carbonyl (C=O) groups excluding carboxylic acids is 1. The first kappa shape index (κ1) is 20.6. The van der Waals surface area contributed by atoms with E-state index in [1.807, 2.05) is 0 Å². The lowest BCUT2D eigenvalue weighted by molar-refractivity contribution is 0.0971. The molecule has 1 N–H and O–H groups in total. The quantitative estimate of drug-likeness (QED) is 0.382. The van der Waals surface area contributed by atoms with Crippen LogP contribution in [0.5, 0.6) is 11.5 Å². The second kappa shape index (κ2) is 7.69. The molecule has 1 amide bonds. The number of anilines is 1. The monoisotopic (exact) mass is 511 g/mol. The fraction of sp³-hybridized carbons (Fsp3) is 0.0833. The predicted molar refractivity (Wildman–Crippen MR) is 125 cm³/mol. The average molecular weight is 513 g/mol. The number of ether oxygens (including phenoxy) is 1. The number of benzene rings is 3. The van der Waals surface area contributed by atoms with E-state index in [9.17, 15) is 14.7 Å². The summed E-state index contributed by atoms with van der Waals surface area (Å²) in [6, 6.07) is 16.0. The summed E-state index contributed by atoms with van der Waals surface area (Å²) in [5.41, 5.74) is 1.31. The minimum atomic E-state index is -0.817. The number of methoxy groups -OCH3 is 1. The molecule has 1 aliphatic rings. The van der Waals surface area contributed by atoms with Gasteiger partial charge in [-0.25, -0.2) is 0 Å². The van der Waals surface area contributed by atoms with Crippen LogP contribution in [0.1, 0.15) is 27.7 Å². The van der Waals surface area contributed by atoms with Gasteiger partial charge in [0, 0.05) is 10.7 Å². The van der Waals surface area contributed by atoms with Crippen molar-refractivity contribution >= 4 is 50.1 Å². The molecule has 0 spiro atoms. The molecule has 1 atom stereocenters. The SMILES string of the molecule is COc1cc(C2c3c(oc4ccccc4c3=O)C(=O)N2c2cccc(Cl)c2)cc(Br)c1O. The molecule has 0 saturated carbocycles. The lowest BCUT2D eigenvalue weighted by atomic mass is 9.97. The Kier molecular flexibility index (Phi) is 4.95. The Morgan fingerprint density at radius 3 is 2.62 bits per heavy atom. The Hall–Kier alpha value is -3.29. The molecular formula is C24H15BrClNO5. The first-order chi connectivity index (χ1) is 15.4. The third-order valence-electron chi connectivity index (χ3n) is 5.45. The molecule has 4 aromatic rings. The van der Waals surface area contributed by atoms with E-state index in [2.05, 4.69) is 15.9 Å². The Morgan fingerprint density at radius 1 is 1.09 bits per heavy atom. The highest BCUT2D eigenvalue weighted by molar-refractivity contribution is 9.10. The molecule has 1 aromatic heterocycles. The van der Waals surface area contributed by atoms with Crippen molar-refractivity contribution in [2.75, 3.05) is 12.0 Å². The van der Waals surface area contributed by atoms with E-state index in [4.69, 9.17) is 20.8 Å². The molecule has 0 fully saturated rings. The number of para-hydroxylation sites is 1. The van der Waals surface area contributed by atoms with Crippen LogP contribution in [0.2, 0.25) is 5.02 Å². The molecule has 3 aromatic carbocycles. The summed E-state index contributed by atoms with van der Waals surface area (Å²) in [4.78, 5) is 28.6. The van der Waals surface area contributed by atoms with Crippen molar-refractivity contribution in [1.29, 1.82) is 0 Å². The summed E-state index contributed by atoms with van der Waals surface area (Å²) in [5.74, 6) is -0.368. The van der Waals surface area contributed by atoms with E-state index in [0.29, 0.717) is 31.7 Å². The molecule has 0 bridgehead atoms. The number of hydrogen-bond acceptors (Lipinski definition) is 5. The number of carbonyl (C=O) groups is 1. The zero-order chi connectivity index (χ0) is 22.6. The van der Waals surface area contributed by atoms with Crippen molar-refractivity contribution in [1.82, 2.24) is 0 Å². The Balaban J connectivity index is 1.85. The fourth-order valence-corrected chi connectivity index (χ4v) is 4.68. The van der Waals surface area contributed by atoms with Gasteiger partial charge in [0.15, 0.2) is 16.9 Å². The molecular weight excluding hydrogens is 498 g/mol. The van der Waals surface area contributed by atoms with Gasteiger partial charge in [-0.2, -0.15) is 0 Å². The van der Waals surface area contributed by atoms with Crippen molar-refractivity contribution < 1.29 is 19.1 Å². The summed E-state index contributed by atoms with van der Waals surface area (Å²) in [5, 5.41) is 11.1. The number of hydrogen-bond donors (Lipinski definition) is 1. The van der Waals surface area contributed by atoms with E-state index in [-0.39, 0.29) is 28.3 Å². The van der Waals surface area contributed by atoms with E-state index in [1.54, 1.807) is 60.7 Å². The number of halogens is 2. The van der Waals surface area contributed by atoms with Gasteiger partial charge in [-0.05, 0) is 64.0 Å². The van der Waals surface area contributed by atoms with Crippen LogP contribution in [-0.2, 0) is 0 Å². The topological polar surface area (TPSA) is 80.0 Å². The van der Waals surface area contributed by atoms with Crippen molar-refractivity contribution in [3.8, 4) is 11.5 Å². The maximum atomic E-state index is 13.6. The second-order valence-electron chi connectivity index (χ2n) is 7.28. The molecule has 1 aliphatic heterocycles. The third-order valence-corrected chi connectivity index (χ3v) is 6.29. The highest BCUT2D eigenvalue weighted by atomic mass is 79.9. The average Bonchev–Trinajstić information content (AvgIpc) is 3.08. The fourth-order valence-electron chi connectivity index (χ4n) is 4.03. The molecule has 160 valence electrons. The first-order valence-corrected chi connectivity index (χ1v) is 10.8. The van der Waals surface area contributed by atoms with Gasteiger partial charge in [-0.15, -0.1) is 0 Å². The van der Waals surface area contributed by atoms with Gasteiger partial charge >= 0.3 is 0 Å². The van der Waals surface area contributed by atoms with Crippen LogP contribution < -0.4 is 15.1 Å². The molecule has 8 heteroatoms. The van der Waals surface area contributed by atoms with Gasteiger partial charge in [0.1, 0.15) is 5.58 Å². The van der Waals surface area contributed by atoms with Gasteiger partial charge in [-0.1, -0.05) is 29.8 Å². The maximum absolute atomic E-state index is 13.6. The number of aromatic hydroxyl groups is 1. The van der Waals surface area contributed by atoms with Gasteiger partial charge in [-0.3, -0.25) is 14.5 Å². The molecule has 32 heavy (non-hydrogen) atoms. The number of rotatable bonds is 3. The highest BCUT2D eigenvalue weighted by Gasteiger charge is 2.44. The normalized spacial score (nSPS) is 15.3. The highest BCUT2D eigenvalue weighted by Crippen LogP contribution is 2.45. The van der Waals surface area contributed by atoms with Gasteiger partial charge in [0.05, 0.1) is 28.6 Å². The smallest absolute Gasteiger partial charge is 0.295 e. The van der Waals surface area contributed by atoms with Crippen molar-refractivity contribution in [2.24, 2.45) is 0 Å². The van der Waals surface area contributed by atoms with Crippen molar-refractivity contribution in [2.45, 2.75) is 6.04 Å². The van der Waals surface area contributed by atoms with Crippen LogP contribution in [0.25, 0.3) is 11.0 Å². The maximum Gasteiger partial charge on any atom is 0.295 e. The number of nitrogens with zero attached hydrogens (tertiary/aromatic N) is 1. The van der Waals surface area contributed by atoms with Crippen LogP contribution in [0.4, 0.5) is 5.69 Å². The Bertz CT molecular complexity index is 1460. The molecule has 0 radical (unpaired) electrons. The van der Waals surface area contributed by atoms with Crippen LogP contribution in [0.3, 0.4) is 0 Å². The predicted octanol–water partition coefficient (Wildman–Crippen LogP) is 5.67. The van der Waals surface area contributed by atoms with Crippen LogP contribution in [0, 0.1) is 0 Å². The third kappa shape index (κ3) is 3.08. The van der Waals surface area contributed by atoms with Crippen LogP contribution in [-0.4, -0.2) is 18.1 Å². The summed E-state index contributed by atoms with van der Waals surface area (Å²) >= 11 is 9.53. The molecule has 1 unspecified atom stereocenters. The van der Waals surface area contributed by atoms with Gasteiger partial charge in [0.25, 0.3) is 5.91 Å². The largest absolute Gasteiger partial charge is 0.503 e. The Morgan fingerprint density at radius 2 is 1.88 bits per heavy atom. The summed E-state index contributed by atoms with van der Waals surface area (Å²) in [7, 11) is 1.43. The number of phenolic OH excluding ortho intramolecular Hbond substituents is 1. The van der Waals surface area contributed by atoms with E-state index in [0.717, 1.165) is 0 Å². The standard InChI is InChI=1S/C24H15BrClNO5/c1-31-18-10-12(9-16(25)22(18)29)20-19-21(28)15-7-2-3-8-17(15)32-23(19)24(30)27(20)14-6-4-5-13(26)11-14/h2-11,20,29H,1H3. The second-order valence-corrected chi connectivity index (χ2v) is 8.57. The summed E-state index contributed by atoms with van der Waals surface area (Å²) in [6.07, 6.45) is 0. The molecule has 0 aliphatic carbocycles. The van der Waals surface area contributed by atoms with Crippen LogP contribution >= 0.6 is 27.5 Å². The lowest BCUT2D eigenvalue weighted by Gasteiger charge is -2.26. The summed E-state index contributed by atoms with van der Waals surface area (Å²) in [6.45, 7) is 0. The van der Waals surface area contributed by atoms with E-state index >= 15 is 0 Å². The number of fused-ring (bicyclic) bond motifs is 2. The number of amides is 1. The molecule has 6 nitrogen and oxygen atoms in total. The van der Waals surface area contributed by atoms with E-state index < -0.39 is 11.9 Å². The number of phenols is 1. The lowest BCUT2D eigenvalue weighted by Crippen LogP contribution is -2.29. The molecule has 2 heterocycles. The first-order valence-electron chi connectivity index (χ1n) is 9.62. The van der Waals surface area contributed by atoms with Crippen LogP contribution in [0.15, 0.2) is 74.3 Å². The van der Waals surface area contributed by atoms with E-state index in [1.165, 1.54) is 12.0 Å². The Labute approximate surface area is 195 Å².